The third kappa shape index (κ3) is 3.51. The summed E-state index contributed by atoms with van der Waals surface area (Å²) in [7, 11) is 0. The molecule has 1 N–H and O–H groups in total. The lowest BCUT2D eigenvalue weighted by molar-refractivity contribution is -0.128. The molecule has 1 aromatic carbocycles. The predicted octanol–water partition coefficient (Wildman–Crippen LogP) is 1.91. The Balaban J connectivity index is 1.56. The highest BCUT2D eigenvalue weighted by Gasteiger charge is 2.30. The molecule has 1 aromatic heterocycles. The van der Waals surface area contributed by atoms with Gasteiger partial charge >= 0.3 is 6.01 Å². The van der Waals surface area contributed by atoms with Crippen molar-refractivity contribution in [1.82, 2.24) is 15.5 Å². The molecule has 1 atom stereocenters. The Kier molecular flexibility index (Phi) is 4.65. The van der Waals surface area contributed by atoms with Crippen LogP contribution in [0.1, 0.15) is 36.8 Å². The number of rotatable bonds is 5. The number of carbonyl (C=O) groups is 1. The highest BCUT2D eigenvalue weighted by atomic mass is 16.5. The second kappa shape index (κ2) is 7.23. The van der Waals surface area contributed by atoms with Crippen molar-refractivity contribution < 1.29 is 13.9 Å². The predicted molar refractivity (Wildman–Crippen MR) is 91.1 cm³/mol. The molecular weight excluding hydrogens is 320 g/mol. The molecule has 0 radical (unpaired) electrons. The SMILES string of the molecule is O=C(NC(c1ccccc1)c1nnc(N2CCOCC2)o1)C1CCC1. The van der Waals surface area contributed by atoms with E-state index in [0.717, 1.165) is 37.9 Å². The van der Waals surface area contributed by atoms with Gasteiger partial charge in [0.1, 0.15) is 6.04 Å². The molecule has 25 heavy (non-hydrogen) atoms. The van der Waals surface area contributed by atoms with Crippen molar-refractivity contribution in [3.8, 4) is 0 Å². The molecular formula is C18H22N4O3. The van der Waals surface area contributed by atoms with Crippen molar-refractivity contribution >= 4 is 11.9 Å². The Morgan fingerprint density at radius 1 is 1.16 bits per heavy atom. The molecule has 132 valence electrons. The largest absolute Gasteiger partial charge is 0.405 e. The third-order valence-corrected chi connectivity index (χ3v) is 4.85. The fourth-order valence-corrected chi connectivity index (χ4v) is 3.09. The van der Waals surface area contributed by atoms with Crippen LogP contribution in [0, 0.1) is 5.92 Å². The Morgan fingerprint density at radius 2 is 1.92 bits per heavy atom. The fourth-order valence-electron chi connectivity index (χ4n) is 3.09. The standard InChI is InChI=1S/C18H22N4O3/c23-16(14-7-4-8-14)19-15(13-5-2-1-3-6-13)17-20-21-18(25-17)22-9-11-24-12-10-22/h1-3,5-6,14-15H,4,7-12H2,(H,19,23). The molecule has 1 aliphatic heterocycles. The van der Waals surface area contributed by atoms with Gasteiger partial charge in [-0.05, 0) is 18.4 Å². The highest BCUT2D eigenvalue weighted by Crippen LogP contribution is 2.29. The van der Waals surface area contributed by atoms with Crippen molar-refractivity contribution in [2.75, 3.05) is 31.2 Å². The molecule has 7 nitrogen and oxygen atoms in total. The number of ether oxygens (including phenoxy) is 1. The van der Waals surface area contributed by atoms with Gasteiger partial charge in [-0.2, -0.15) is 0 Å². The molecule has 1 amide bonds. The van der Waals surface area contributed by atoms with E-state index >= 15 is 0 Å². The van der Waals surface area contributed by atoms with Gasteiger partial charge in [-0.3, -0.25) is 4.79 Å². The molecule has 0 bridgehead atoms. The molecule has 1 aliphatic carbocycles. The van der Waals surface area contributed by atoms with Crippen molar-refractivity contribution in [3.05, 3.63) is 41.8 Å². The van der Waals surface area contributed by atoms with Crippen molar-refractivity contribution in [2.24, 2.45) is 5.92 Å². The number of aromatic nitrogens is 2. The number of nitrogens with zero attached hydrogens (tertiary/aromatic N) is 3. The van der Waals surface area contributed by atoms with Crippen molar-refractivity contribution in [1.29, 1.82) is 0 Å². The quantitative estimate of drug-likeness (QED) is 0.894. The first-order valence-electron chi connectivity index (χ1n) is 8.82. The monoisotopic (exact) mass is 342 g/mol. The van der Waals surface area contributed by atoms with Gasteiger partial charge in [0.2, 0.25) is 11.8 Å². The van der Waals surface area contributed by atoms with Crippen LogP contribution in [0.25, 0.3) is 0 Å². The van der Waals surface area contributed by atoms with Gasteiger partial charge in [0.15, 0.2) is 0 Å². The van der Waals surface area contributed by atoms with E-state index in [1.165, 1.54) is 0 Å². The van der Waals surface area contributed by atoms with E-state index < -0.39 is 6.04 Å². The molecule has 2 aliphatic rings. The van der Waals surface area contributed by atoms with Crippen LogP contribution in [0.3, 0.4) is 0 Å². The second-order valence-electron chi connectivity index (χ2n) is 6.50. The summed E-state index contributed by atoms with van der Waals surface area (Å²) < 4.78 is 11.3. The molecule has 2 aromatic rings. The van der Waals surface area contributed by atoms with Crippen LogP contribution in [-0.4, -0.2) is 42.4 Å². The highest BCUT2D eigenvalue weighted by molar-refractivity contribution is 5.80. The molecule has 0 spiro atoms. The molecule has 2 fully saturated rings. The van der Waals surface area contributed by atoms with Crippen LogP contribution in [-0.2, 0) is 9.53 Å². The van der Waals surface area contributed by atoms with Gasteiger partial charge in [0, 0.05) is 19.0 Å². The van der Waals surface area contributed by atoms with Crippen LogP contribution in [0.2, 0.25) is 0 Å². The smallest absolute Gasteiger partial charge is 0.318 e. The Morgan fingerprint density at radius 3 is 2.60 bits per heavy atom. The van der Waals surface area contributed by atoms with Gasteiger partial charge in [-0.25, -0.2) is 0 Å². The summed E-state index contributed by atoms with van der Waals surface area (Å²) in [4.78, 5) is 14.5. The number of anilines is 1. The maximum Gasteiger partial charge on any atom is 0.318 e. The lowest BCUT2D eigenvalue weighted by Crippen LogP contribution is -2.37. The lowest BCUT2D eigenvalue weighted by Gasteiger charge is -2.26. The number of morpholine rings is 1. The summed E-state index contributed by atoms with van der Waals surface area (Å²) in [5.41, 5.74) is 0.937. The summed E-state index contributed by atoms with van der Waals surface area (Å²) in [6.45, 7) is 2.76. The van der Waals surface area contributed by atoms with E-state index in [-0.39, 0.29) is 11.8 Å². The maximum atomic E-state index is 12.5. The molecule has 4 rings (SSSR count). The van der Waals surface area contributed by atoms with E-state index in [1.807, 2.05) is 35.2 Å². The summed E-state index contributed by atoms with van der Waals surface area (Å²) in [5.74, 6) is 0.583. The average molecular weight is 342 g/mol. The van der Waals surface area contributed by atoms with Gasteiger partial charge in [0.05, 0.1) is 13.2 Å². The van der Waals surface area contributed by atoms with E-state index in [0.29, 0.717) is 25.1 Å². The normalized spacial score (nSPS) is 19.3. The number of hydrogen-bond acceptors (Lipinski definition) is 6. The Labute approximate surface area is 146 Å². The minimum atomic E-state index is -0.420. The number of amides is 1. The number of benzene rings is 1. The van der Waals surface area contributed by atoms with Crippen LogP contribution < -0.4 is 10.2 Å². The number of nitrogens with one attached hydrogen (secondary N) is 1. The minimum absolute atomic E-state index is 0.0613. The topological polar surface area (TPSA) is 80.5 Å². The van der Waals surface area contributed by atoms with E-state index in [4.69, 9.17) is 9.15 Å². The fraction of sp³-hybridized carbons (Fsp3) is 0.500. The second-order valence-corrected chi connectivity index (χ2v) is 6.50. The number of carbonyl (C=O) groups excluding carboxylic acids is 1. The average Bonchev–Trinajstić information content (AvgIpc) is 3.09. The van der Waals surface area contributed by atoms with Crippen LogP contribution in [0.4, 0.5) is 6.01 Å². The summed E-state index contributed by atoms with van der Waals surface area (Å²) in [5, 5.41) is 11.5. The van der Waals surface area contributed by atoms with Gasteiger partial charge < -0.3 is 19.4 Å². The van der Waals surface area contributed by atoms with Gasteiger partial charge in [-0.1, -0.05) is 41.9 Å². The van der Waals surface area contributed by atoms with Crippen LogP contribution in [0.15, 0.2) is 34.7 Å². The summed E-state index contributed by atoms with van der Waals surface area (Å²) in [6, 6.07) is 9.82. The lowest BCUT2D eigenvalue weighted by atomic mass is 9.84. The van der Waals surface area contributed by atoms with Crippen LogP contribution in [0.5, 0.6) is 0 Å². The van der Waals surface area contributed by atoms with Crippen molar-refractivity contribution in [3.63, 3.8) is 0 Å². The first-order chi connectivity index (χ1) is 12.3. The molecule has 1 saturated heterocycles. The van der Waals surface area contributed by atoms with Gasteiger partial charge in [-0.15, -0.1) is 5.10 Å². The third-order valence-electron chi connectivity index (χ3n) is 4.85. The molecule has 1 saturated carbocycles. The summed E-state index contributed by atoms with van der Waals surface area (Å²) >= 11 is 0. The summed E-state index contributed by atoms with van der Waals surface area (Å²) in [6.07, 6.45) is 3.03. The van der Waals surface area contributed by atoms with E-state index in [1.54, 1.807) is 0 Å². The zero-order chi connectivity index (χ0) is 17.1. The first-order valence-corrected chi connectivity index (χ1v) is 8.82. The molecule has 2 heterocycles. The molecule has 1 unspecified atom stereocenters. The van der Waals surface area contributed by atoms with E-state index in [9.17, 15) is 4.79 Å². The van der Waals surface area contributed by atoms with Crippen LogP contribution >= 0.6 is 0 Å². The van der Waals surface area contributed by atoms with E-state index in [2.05, 4.69) is 15.5 Å². The minimum Gasteiger partial charge on any atom is -0.405 e. The zero-order valence-electron chi connectivity index (χ0n) is 14.1. The maximum absolute atomic E-state index is 12.5. The Hall–Kier alpha value is -2.41. The first kappa shape index (κ1) is 16.1. The van der Waals surface area contributed by atoms with Gasteiger partial charge in [0.25, 0.3) is 0 Å². The number of hydrogen-bond donors (Lipinski definition) is 1. The Bertz CT molecular complexity index is 708. The zero-order valence-corrected chi connectivity index (χ0v) is 14.1. The molecule has 7 heteroatoms. The van der Waals surface area contributed by atoms with Crippen molar-refractivity contribution in [2.45, 2.75) is 25.3 Å².